The summed E-state index contributed by atoms with van der Waals surface area (Å²) in [7, 11) is 3.05. The van der Waals surface area contributed by atoms with Gasteiger partial charge in [-0.25, -0.2) is 0 Å². The molecule has 1 aromatic rings. The molecule has 0 fully saturated rings. The van der Waals surface area contributed by atoms with Crippen molar-refractivity contribution in [2.75, 3.05) is 27.3 Å². The van der Waals surface area contributed by atoms with Gasteiger partial charge in [-0.05, 0) is 22.0 Å². The Morgan fingerprint density at radius 1 is 1.58 bits per heavy atom. The Labute approximate surface area is 119 Å². The molecule has 0 radical (unpaired) electrons. The molecule has 1 amide bonds. The number of hydrogen-bond donors (Lipinski definition) is 1. The normalized spacial score (nSPS) is 12.2. The first kappa shape index (κ1) is 15.9. The lowest BCUT2D eigenvalue weighted by Crippen LogP contribution is -2.39. The monoisotopic (exact) mass is 332 g/mol. The maximum Gasteiger partial charge on any atom is 0.251 e. The van der Waals surface area contributed by atoms with Gasteiger partial charge in [0.15, 0.2) is 0 Å². The van der Waals surface area contributed by atoms with Crippen molar-refractivity contribution >= 4 is 21.8 Å². The zero-order valence-electron chi connectivity index (χ0n) is 10.9. The lowest BCUT2D eigenvalue weighted by Gasteiger charge is -2.20. The van der Waals surface area contributed by atoms with Crippen molar-refractivity contribution in [1.82, 2.24) is 9.47 Å². The summed E-state index contributed by atoms with van der Waals surface area (Å²) in [6.07, 6.45) is 0.817. The first-order valence-corrected chi connectivity index (χ1v) is 6.50. The average Bonchev–Trinajstić information content (AvgIpc) is 2.34. The smallest absolute Gasteiger partial charge is 0.251 e. The van der Waals surface area contributed by atoms with Gasteiger partial charge >= 0.3 is 0 Å². The van der Waals surface area contributed by atoms with Crippen LogP contribution in [-0.4, -0.2) is 53.9 Å². The number of likely N-dealkylation sites (N-methyl/N-ethyl adjacent to an activating group) is 1. The summed E-state index contributed by atoms with van der Waals surface area (Å²) in [5.41, 5.74) is -0.248. The quantitative estimate of drug-likeness (QED) is 0.800. The number of nitrogens with zero attached hydrogens (tertiary/aromatic N) is 2. The van der Waals surface area contributed by atoms with E-state index in [2.05, 4.69) is 15.9 Å². The van der Waals surface area contributed by atoms with Crippen molar-refractivity contribution in [3.05, 3.63) is 33.2 Å². The van der Waals surface area contributed by atoms with E-state index in [1.54, 1.807) is 19.3 Å². The lowest BCUT2D eigenvalue weighted by atomic mass is 10.3. The van der Waals surface area contributed by atoms with Crippen LogP contribution < -0.4 is 5.56 Å². The zero-order valence-corrected chi connectivity index (χ0v) is 12.5. The molecule has 1 aromatic heterocycles. The molecule has 1 rings (SSSR count). The van der Waals surface area contributed by atoms with E-state index in [9.17, 15) is 14.7 Å². The molecule has 0 aliphatic rings. The second-order valence-electron chi connectivity index (χ2n) is 4.20. The van der Waals surface area contributed by atoms with Crippen molar-refractivity contribution in [3.8, 4) is 0 Å². The van der Waals surface area contributed by atoms with Gasteiger partial charge < -0.3 is 19.3 Å². The molecule has 1 unspecified atom stereocenters. The number of aliphatic hydroxyl groups excluding tert-OH is 1. The second kappa shape index (κ2) is 7.42. The first-order chi connectivity index (χ1) is 8.93. The van der Waals surface area contributed by atoms with Crippen molar-refractivity contribution in [2.24, 2.45) is 0 Å². The van der Waals surface area contributed by atoms with Gasteiger partial charge in [0.2, 0.25) is 5.91 Å². The Balaban J connectivity index is 2.63. The fraction of sp³-hybridized carbons (Fsp3) is 0.500. The molecule has 106 valence electrons. The number of rotatable bonds is 6. The van der Waals surface area contributed by atoms with E-state index in [0.29, 0.717) is 0 Å². The van der Waals surface area contributed by atoms with Crippen LogP contribution in [0.4, 0.5) is 0 Å². The molecule has 0 saturated heterocycles. The number of halogens is 1. The molecule has 1 N–H and O–H groups in total. The van der Waals surface area contributed by atoms with E-state index in [-0.39, 0.29) is 31.2 Å². The molecule has 1 atom stereocenters. The zero-order chi connectivity index (χ0) is 14.4. The number of aromatic nitrogens is 1. The van der Waals surface area contributed by atoms with E-state index in [1.807, 2.05) is 0 Å². The number of aliphatic hydroxyl groups is 1. The third-order valence-corrected chi connectivity index (χ3v) is 2.99. The fourth-order valence-corrected chi connectivity index (χ4v) is 1.93. The highest BCUT2D eigenvalue weighted by Crippen LogP contribution is 2.05. The topological polar surface area (TPSA) is 71.8 Å². The van der Waals surface area contributed by atoms with E-state index in [0.717, 1.165) is 4.47 Å². The summed E-state index contributed by atoms with van der Waals surface area (Å²) in [6.45, 7) is 0.262. The van der Waals surface area contributed by atoms with Crippen LogP contribution in [0.5, 0.6) is 0 Å². The molecular weight excluding hydrogens is 316 g/mol. The van der Waals surface area contributed by atoms with Crippen LogP contribution in [0.15, 0.2) is 27.6 Å². The van der Waals surface area contributed by atoms with Crippen LogP contribution in [0.25, 0.3) is 0 Å². The molecular formula is C12H17BrN2O4. The molecule has 0 aliphatic heterocycles. The number of hydrogen-bond acceptors (Lipinski definition) is 4. The van der Waals surface area contributed by atoms with Gasteiger partial charge in [-0.15, -0.1) is 0 Å². The predicted octanol–water partition coefficient (Wildman–Crippen LogP) is 0.0765. The summed E-state index contributed by atoms with van der Waals surface area (Å²) in [4.78, 5) is 24.8. The molecule has 6 nitrogen and oxygen atoms in total. The van der Waals surface area contributed by atoms with Crippen LogP contribution in [0.3, 0.4) is 0 Å². The van der Waals surface area contributed by atoms with Gasteiger partial charge in [-0.2, -0.15) is 0 Å². The van der Waals surface area contributed by atoms with Crippen molar-refractivity contribution in [3.63, 3.8) is 0 Å². The Kier molecular flexibility index (Phi) is 6.20. The molecule has 19 heavy (non-hydrogen) atoms. The van der Waals surface area contributed by atoms with E-state index in [4.69, 9.17) is 4.74 Å². The highest BCUT2D eigenvalue weighted by atomic mass is 79.9. The molecule has 0 spiro atoms. The molecule has 0 saturated carbocycles. The molecule has 7 heteroatoms. The third kappa shape index (κ3) is 5.14. The minimum Gasteiger partial charge on any atom is -0.389 e. The maximum atomic E-state index is 11.9. The molecule has 1 heterocycles. The summed E-state index contributed by atoms with van der Waals surface area (Å²) >= 11 is 3.24. The lowest BCUT2D eigenvalue weighted by molar-refractivity contribution is -0.132. The van der Waals surface area contributed by atoms with Crippen LogP contribution in [-0.2, 0) is 16.1 Å². The van der Waals surface area contributed by atoms with Gasteiger partial charge in [0.1, 0.15) is 6.54 Å². The fourth-order valence-electron chi connectivity index (χ4n) is 1.56. The number of pyridine rings is 1. The van der Waals surface area contributed by atoms with Crippen molar-refractivity contribution in [2.45, 2.75) is 12.6 Å². The van der Waals surface area contributed by atoms with Gasteiger partial charge in [0.05, 0.1) is 12.7 Å². The van der Waals surface area contributed by atoms with Gasteiger partial charge in [0.25, 0.3) is 5.56 Å². The van der Waals surface area contributed by atoms with Crippen LogP contribution in [0, 0.1) is 0 Å². The van der Waals surface area contributed by atoms with Crippen LogP contribution in [0.2, 0.25) is 0 Å². The maximum absolute atomic E-state index is 11.9. The first-order valence-electron chi connectivity index (χ1n) is 5.71. The summed E-state index contributed by atoms with van der Waals surface area (Å²) in [5, 5.41) is 9.54. The molecule has 0 bridgehead atoms. The van der Waals surface area contributed by atoms with Gasteiger partial charge in [0, 0.05) is 37.4 Å². The van der Waals surface area contributed by atoms with E-state index < -0.39 is 6.10 Å². The predicted molar refractivity (Wildman–Crippen MR) is 73.9 cm³/mol. The highest BCUT2D eigenvalue weighted by Gasteiger charge is 2.14. The van der Waals surface area contributed by atoms with E-state index >= 15 is 0 Å². The summed E-state index contributed by atoms with van der Waals surface area (Å²) < 4.78 is 6.82. The van der Waals surface area contributed by atoms with Gasteiger partial charge in [-0.1, -0.05) is 0 Å². The van der Waals surface area contributed by atoms with Crippen LogP contribution in [0.1, 0.15) is 0 Å². The minimum atomic E-state index is -0.738. The van der Waals surface area contributed by atoms with Crippen molar-refractivity contribution < 1.29 is 14.6 Å². The standard InChI is InChI=1S/C12H17BrN2O4/c1-14(6-10(16)8-19-2)12(18)7-15-5-9(13)3-4-11(15)17/h3-5,10,16H,6-8H2,1-2H3. The number of methoxy groups -OCH3 is 1. The number of amides is 1. The Morgan fingerprint density at radius 2 is 2.26 bits per heavy atom. The summed E-state index contributed by atoms with van der Waals surface area (Å²) in [5.74, 6) is -0.254. The highest BCUT2D eigenvalue weighted by molar-refractivity contribution is 9.10. The SMILES string of the molecule is COCC(O)CN(C)C(=O)Cn1cc(Br)ccc1=O. The Bertz CT molecular complexity index is 489. The van der Waals surface area contributed by atoms with Crippen LogP contribution >= 0.6 is 15.9 Å². The molecule has 0 aliphatic carbocycles. The number of carbonyl (C=O) groups excluding carboxylic acids is 1. The Morgan fingerprint density at radius 3 is 2.89 bits per heavy atom. The minimum absolute atomic E-state index is 0.0610. The van der Waals surface area contributed by atoms with E-state index in [1.165, 1.54) is 22.6 Å². The summed E-state index contributed by atoms with van der Waals surface area (Å²) in [6, 6.07) is 3.01. The number of carbonyl (C=O) groups is 1. The molecule has 0 aromatic carbocycles. The van der Waals surface area contributed by atoms with Gasteiger partial charge in [-0.3, -0.25) is 9.59 Å². The second-order valence-corrected chi connectivity index (χ2v) is 5.11. The third-order valence-electron chi connectivity index (χ3n) is 2.52. The average molecular weight is 333 g/mol. The largest absolute Gasteiger partial charge is 0.389 e. The van der Waals surface area contributed by atoms with Crippen molar-refractivity contribution in [1.29, 1.82) is 0 Å². The number of ether oxygens (including phenoxy) is 1. The Hall–Kier alpha value is -1.18.